The number of amides is 1. The summed E-state index contributed by atoms with van der Waals surface area (Å²) in [6.07, 6.45) is 7.55. The van der Waals surface area contributed by atoms with E-state index < -0.39 is 0 Å². The molecular formula is C15H26N4O. The fourth-order valence-electron chi connectivity index (χ4n) is 2.81. The number of carbonyl (C=O) groups is 1. The highest BCUT2D eigenvalue weighted by molar-refractivity contribution is 5.82. The molecule has 1 amide bonds. The number of nitrogens with two attached hydrogens (primary N) is 1. The Morgan fingerprint density at radius 3 is 2.90 bits per heavy atom. The first-order valence-corrected chi connectivity index (χ1v) is 7.56. The second-order valence-electron chi connectivity index (χ2n) is 6.04. The lowest BCUT2D eigenvalue weighted by Gasteiger charge is -2.39. The normalized spacial score (nSPS) is 26.3. The van der Waals surface area contributed by atoms with E-state index in [1.165, 1.54) is 0 Å². The van der Waals surface area contributed by atoms with Crippen LogP contribution in [0.15, 0.2) is 18.7 Å². The van der Waals surface area contributed by atoms with Crippen LogP contribution in [0, 0.1) is 11.8 Å². The molecule has 0 aliphatic carbocycles. The van der Waals surface area contributed by atoms with E-state index in [1.54, 1.807) is 6.20 Å². The number of carbonyl (C=O) groups excluding carboxylic acids is 1. The number of nitrogens with zero attached hydrogens (tertiary/aromatic N) is 3. The number of hydrogen-bond donors (Lipinski definition) is 1. The summed E-state index contributed by atoms with van der Waals surface area (Å²) in [5.74, 6) is 0.873. The molecule has 5 heteroatoms. The molecule has 1 aromatic heterocycles. The maximum absolute atomic E-state index is 12.5. The molecule has 0 spiro atoms. The minimum atomic E-state index is -0.378. The molecule has 1 fully saturated rings. The Morgan fingerprint density at radius 2 is 2.30 bits per heavy atom. The van der Waals surface area contributed by atoms with Crippen LogP contribution in [0.3, 0.4) is 0 Å². The SMILES string of the molecule is CCC(C)C(N)C(=O)N1CCC(C)C(n2ccnc2)C1. The first-order valence-electron chi connectivity index (χ1n) is 7.56. The molecule has 2 heterocycles. The number of imidazole rings is 1. The van der Waals surface area contributed by atoms with E-state index in [4.69, 9.17) is 5.73 Å². The van der Waals surface area contributed by atoms with Crippen molar-refractivity contribution in [2.75, 3.05) is 13.1 Å². The zero-order valence-electron chi connectivity index (χ0n) is 12.7. The van der Waals surface area contributed by atoms with E-state index in [9.17, 15) is 4.79 Å². The van der Waals surface area contributed by atoms with Gasteiger partial charge in [0, 0.05) is 25.5 Å². The van der Waals surface area contributed by atoms with Gasteiger partial charge in [0.25, 0.3) is 0 Å². The standard InChI is InChI=1S/C15H26N4O/c1-4-11(2)14(16)15(20)18-7-5-12(3)13(9-18)19-8-6-17-10-19/h6,8,10-14H,4-5,7,9,16H2,1-3H3. The van der Waals surface area contributed by atoms with E-state index in [0.29, 0.717) is 12.0 Å². The maximum Gasteiger partial charge on any atom is 0.239 e. The first-order chi connectivity index (χ1) is 9.54. The monoisotopic (exact) mass is 278 g/mol. The van der Waals surface area contributed by atoms with E-state index in [1.807, 2.05) is 24.3 Å². The van der Waals surface area contributed by atoms with Crippen molar-refractivity contribution < 1.29 is 4.79 Å². The predicted molar refractivity (Wildman–Crippen MR) is 79.1 cm³/mol. The van der Waals surface area contributed by atoms with Gasteiger partial charge in [-0.2, -0.15) is 0 Å². The molecular weight excluding hydrogens is 252 g/mol. The van der Waals surface area contributed by atoms with Gasteiger partial charge in [-0.3, -0.25) is 4.79 Å². The van der Waals surface area contributed by atoms with Crippen LogP contribution in [0.2, 0.25) is 0 Å². The molecule has 0 bridgehead atoms. The highest BCUT2D eigenvalue weighted by atomic mass is 16.2. The third-order valence-electron chi connectivity index (χ3n) is 4.68. The molecule has 1 aliphatic rings. The van der Waals surface area contributed by atoms with Crippen LogP contribution < -0.4 is 5.73 Å². The molecule has 4 atom stereocenters. The Morgan fingerprint density at radius 1 is 1.55 bits per heavy atom. The Bertz CT molecular complexity index is 431. The molecule has 112 valence electrons. The molecule has 0 saturated carbocycles. The molecule has 1 aromatic rings. The quantitative estimate of drug-likeness (QED) is 0.911. The van der Waals surface area contributed by atoms with Gasteiger partial charge in [0.15, 0.2) is 0 Å². The summed E-state index contributed by atoms with van der Waals surface area (Å²) in [6.45, 7) is 7.91. The van der Waals surface area contributed by atoms with Gasteiger partial charge in [-0.15, -0.1) is 0 Å². The summed E-state index contributed by atoms with van der Waals surface area (Å²) in [4.78, 5) is 18.5. The van der Waals surface area contributed by atoms with Crippen molar-refractivity contribution in [3.63, 3.8) is 0 Å². The van der Waals surface area contributed by atoms with E-state index >= 15 is 0 Å². The lowest BCUT2D eigenvalue weighted by molar-refractivity contribution is -0.136. The van der Waals surface area contributed by atoms with Crippen LogP contribution in [0.25, 0.3) is 0 Å². The van der Waals surface area contributed by atoms with Gasteiger partial charge in [-0.25, -0.2) is 4.98 Å². The van der Waals surface area contributed by atoms with Crippen molar-refractivity contribution in [2.24, 2.45) is 17.6 Å². The van der Waals surface area contributed by atoms with Crippen LogP contribution in [-0.2, 0) is 4.79 Å². The number of hydrogen-bond acceptors (Lipinski definition) is 3. The molecule has 2 N–H and O–H groups in total. The third kappa shape index (κ3) is 3.03. The van der Waals surface area contributed by atoms with Gasteiger partial charge in [-0.1, -0.05) is 27.2 Å². The van der Waals surface area contributed by atoms with Gasteiger partial charge in [0.1, 0.15) is 0 Å². The third-order valence-corrected chi connectivity index (χ3v) is 4.68. The number of likely N-dealkylation sites (tertiary alicyclic amines) is 1. The van der Waals surface area contributed by atoms with Gasteiger partial charge in [-0.05, 0) is 18.3 Å². The lowest BCUT2D eigenvalue weighted by Crippen LogP contribution is -2.51. The molecule has 1 aliphatic heterocycles. The summed E-state index contributed by atoms with van der Waals surface area (Å²) in [5.41, 5.74) is 6.09. The summed E-state index contributed by atoms with van der Waals surface area (Å²) < 4.78 is 2.11. The summed E-state index contributed by atoms with van der Waals surface area (Å²) in [6, 6.07) is -0.0730. The van der Waals surface area contributed by atoms with Crippen LogP contribution in [0.4, 0.5) is 0 Å². The largest absolute Gasteiger partial charge is 0.339 e. The summed E-state index contributed by atoms with van der Waals surface area (Å²) in [7, 11) is 0. The van der Waals surface area contributed by atoms with E-state index in [2.05, 4.69) is 23.4 Å². The average molecular weight is 278 g/mol. The molecule has 0 radical (unpaired) electrons. The molecule has 20 heavy (non-hydrogen) atoms. The topological polar surface area (TPSA) is 64.2 Å². The zero-order chi connectivity index (χ0) is 14.7. The number of aromatic nitrogens is 2. The highest BCUT2D eigenvalue weighted by Crippen LogP contribution is 2.28. The molecule has 1 saturated heterocycles. The fraction of sp³-hybridized carbons (Fsp3) is 0.733. The van der Waals surface area contributed by atoms with Crippen molar-refractivity contribution in [3.8, 4) is 0 Å². The Balaban J connectivity index is 2.05. The number of rotatable bonds is 4. The first kappa shape index (κ1) is 15.0. The van der Waals surface area contributed by atoms with E-state index in [-0.39, 0.29) is 17.9 Å². The molecule has 0 aromatic carbocycles. The second-order valence-corrected chi connectivity index (χ2v) is 6.04. The van der Waals surface area contributed by atoms with Crippen LogP contribution in [-0.4, -0.2) is 39.5 Å². The second kappa shape index (κ2) is 6.39. The van der Waals surface area contributed by atoms with E-state index in [0.717, 1.165) is 25.9 Å². The van der Waals surface area contributed by atoms with Crippen molar-refractivity contribution in [2.45, 2.75) is 45.7 Å². The van der Waals surface area contributed by atoms with Crippen molar-refractivity contribution >= 4 is 5.91 Å². The molecule has 2 rings (SSSR count). The van der Waals surface area contributed by atoms with Gasteiger partial charge in [0.2, 0.25) is 5.91 Å². The minimum Gasteiger partial charge on any atom is -0.339 e. The van der Waals surface area contributed by atoms with Crippen LogP contribution in [0.1, 0.15) is 39.7 Å². The van der Waals surface area contributed by atoms with Crippen molar-refractivity contribution in [1.29, 1.82) is 0 Å². The highest BCUT2D eigenvalue weighted by Gasteiger charge is 2.32. The Hall–Kier alpha value is -1.36. The average Bonchev–Trinajstić information content (AvgIpc) is 2.99. The Labute approximate surface area is 121 Å². The van der Waals surface area contributed by atoms with Crippen LogP contribution >= 0.6 is 0 Å². The maximum atomic E-state index is 12.5. The summed E-state index contributed by atoms with van der Waals surface area (Å²) >= 11 is 0. The van der Waals surface area contributed by atoms with Gasteiger partial charge in [0.05, 0.1) is 18.4 Å². The van der Waals surface area contributed by atoms with Crippen molar-refractivity contribution in [3.05, 3.63) is 18.7 Å². The van der Waals surface area contributed by atoms with Crippen LogP contribution in [0.5, 0.6) is 0 Å². The minimum absolute atomic E-state index is 0.0939. The Kier molecular flexibility index (Phi) is 4.81. The fourth-order valence-corrected chi connectivity index (χ4v) is 2.81. The summed E-state index contributed by atoms with van der Waals surface area (Å²) in [5, 5.41) is 0. The van der Waals surface area contributed by atoms with Gasteiger partial charge >= 0.3 is 0 Å². The predicted octanol–water partition coefficient (Wildman–Crippen LogP) is 1.67. The van der Waals surface area contributed by atoms with Crippen molar-refractivity contribution in [1.82, 2.24) is 14.5 Å². The smallest absolute Gasteiger partial charge is 0.239 e. The molecule has 5 nitrogen and oxygen atoms in total. The zero-order valence-corrected chi connectivity index (χ0v) is 12.7. The molecule has 4 unspecified atom stereocenters. The number of piperidine rings is 1. The van der Waals surface area contributed by atoms with Gasteiger partial charge < -0.3 is 15.2 Å². The lowest BCUT2D eigenvalue weighted by atomic mass is 9.91.